The number of pyridine rings is 1. The lowest BCUT2D eigenvalue weighted by molar-refractivity contribution is 0.711. The number of rotatable bonds is 4. The third-order valence-electron chi connectivity index (χ3n) is 3.32. The van der Waals surface area contributed by atoms with E-state index in [-0.39, 0.29) is 0 Å². The molecule has 0 aliphatic heterocycles. The number of nitrogens with zero attached hydrogens (tertiary/aromatic N) is 3. The van der Waals surface area contributed by atoms with Gasteiger partial charge in [-0.25, -0.2) is 4.98 Å². The number of hydrogen-bond donors (Lipinski definition) is 2. The van der Waals surface area contributed by atoms with E-state index in [1.54, 1.807) is 0 Å². The first kappa shape index (κ1) is 12.5. The van der Waals surface area contributed by atoms with E-state index in [0.717, 1.165) is 35.4 Å². The van der Waals surface area contributed by atoms with Crippen LogP contribution >= 0.6 is 0 Å². The molecule has 0 saturated carbocycles. The van der Waals surface area contributed by atoms with Crippen LogP contribution in [0.15, 0.2) is 42.6 Å². The van der Waals surface area contributed by atoms with Crippen LogP contribution in [-0.4, -0.2) is 21.3 Å². The van der Waals surface area contributed by atoms with Gasteiger partial charge in [0.15, 0.2) is 0 Å². The SMILES string of the molecule is Cn1nccc1CCNc1ccc2cc(N)ccc2n1. The molecule has 2 heterocycles. The molecule has 0 radical (unpaired) electrons. The molecule has 102 valence electrons. The minimum Gasteiger partial charge on any atom is -0.399 e. The summed E-state index contributed by atoms with van der Waals surface area (Å²) in [6, 6.07) is 11.8. The van der Waals surface area contributed by atoms with Crippen molar-refractivity contribution in [3.05, 3.63) is 48.3 Å². The van der Waals surface area contributed by atoms with Gasteiger partial charge in [-0.2, -0.15) is 5.10 Å². The topological polar surface area (TPSA) is 68.8 Å². The smallest absolute Gasteiger partial charge is 0.126 e. The lowest BCUT2D eigenvalue weighted by Crippen LogP contribution is -2.09. The Morgan fingerprint density at radius 2 is 2.10 bits per heavy atom. The van der Waals surface area contributed by atoms with E-state index in [1.165, 1.54) is 5.69 Å². The monoisotopic (exact) mass is 267 g/mol. The largest absolute Gasteiger partial charge is 0.399 e. The zero-order valence-electron chi connectivity index (χ0n) is 11.4. The maximum Gasteiger partial charge on any atom is 0.126 e. The Bertz CT molecular complexity index is 732. The number of nitrogens with two attached hydrogens (primary N) is 1. The average Bonchev–Trinajstić information content (AvgIpc) is 2.85. The minimum absolute atomic E-state index is 0.760. The van der Waals surface area contributed by atoms with Crippen LogP contribution < -0.4 is 11.1 Å². The third-order valence-corrected chi connectivity index (χ3v) is 3.32. The fourth-order valence-corrected chi connectivity index (χ4v) is 2.21. The minimum atomic E-state index is 0.760. The zero-order chi connectivity index (χ0) is 13.9. The van der Waals surface area contributed by atoms with Gasteiger partial charge in [0.05, 0.1) is 5.52 Å². The van der Waals surface area contributed by atoms with Gasteiger partial charge in [-0.05, 0) is 36.4 Å². The molecule has 0 amide bonds. The van der Waals surface area contributed by atoms with Gasteiger partial charge in [0.2, 0.25) is 0 Å². The third kappa shape index (κ3) is 2.56. The molecule has 0 unspecified atom stereocenters. The quantitative estimate of drug-likeness (QED) is 0.711. The molecular formula is C15H17N5. The molecule has 0 saturated heterocycles. The van der Waals surface area contributed by atoms with Crippen molar-refractivity contribution in [3.8, 4) is 0 Å². The van der Waals surface area contributed by atoms with Gasteiger partial charge in [-0.15, -0.1) is 0 Å². The van der Waals surface area contributed by atoms with E-state index < -0.39 is 0 Å². The van der Waals surface area contributed by atoms with Crippen LogP contribution in [0.5, 0.6) is 0 Å². The van der Waals surface area contributed by atoms with E-state index in [4.69, 9.17) is 5.73 Å². The molecule has 0 aliphatic rings. The maximum absolute atomic E-state index is 5.76. The number of fused-ring (bicyclic) bond motifs is 1. The van der Waals surface area contributed by atoms with Crippen LogP contribution in [0.3, 0.4) is 0 Å². The molecule has 3 aromatic rings. The van der Waals surface area contributed by atoms with E-state index in [0.29, 0.717) is 0 Å². The molecule has 0 bridgehead atoms. The fourth-order valence-electron chi connectivity index (χ4n) is 2.21. The molecule has 0 aliphatic carbocycles. The molecule has 20 heavy (non-hydrogen) atoms. The summed E-state index contributed by atoms with van der Waals surface area (Å²) in [5.74, 6) is 0.879. The Hall–Kier alpha value is -2.56. The van der Waals surface area contributed by atoms with Gasteiger partial charge in [-0.1, -0.05) is 0 Å². The van der Waals surface area contributed by atoms with Crippen molar-refractivity contribution >= 4 is 22.4 Å². The van der Waals surface area contributed by atoms with Crippen LogP contribution in [0.2, 0.25) is 0 Å². The van der Waals surface area contributed by atoms with Crippen LogP contribution in [0.4, 0.5) is 11.5 Å². The highest BCUT2D eigenvalue weighted by Crippen LogP contribution is 2.17. The predicted molar refractivity (Wildman–Crippen MR) is 81.6 cm³/mol. The van der Waals surface area contributed by atoms with Crippen LogP contribution in [0.25, 0.3) is 10.9 Å². The maximum atomic E-state index is 5.76. The van der Waals surface area contributed by atoms with Crippen molar-refractivity contribution in [1.82, 2.24) is 14.8 Å². The van der Waals surface area contributed by atoms with Gasteiger partial charge in [0.25, 0.3) is 0 Å². The van der Waals surface area contributed by atoms with Gasteiger partial charge < -0.3 is 11.1 Å². The molecule has 0 spiro atoms. The summed E-state index contributed by atoms with van der Waals surface area (Å²) in [4.78, 5) is 4.57. The van der Waals surface area contributed by atoms with Crippen LogP contribution in [-0.2, 0) is 13.5 Å². The van der Waals surface area contributed by atoms with E-state index >= 15 is 0 Å². The molecular weight excluding hydrogens is 250 g/mol. The molecule has 3 N–H and O–H groups in total. The number of nitrogens with one attached hydrogen (secondary N) is 1. The van der Waals surface area contributed by atoms with Crippen molar-refractivity contribution in [1.29, 1.82) is 0 Å². The molecule has 3 rings (SSSR count). The Morgan fingerprint density at radius 3 is 2.90 bits per heavy atom. The summed E-state index contributed by atoms with van der Waals surface area (Å²) in [6.45, 7) is 0.826. The predicted octanol–water partition coefficient (Wildman–Crippen LogP) is 2.21. The van der Waals surface area contributed by atoms with Crippen molar-refractivity contribution in [2.24, 2.45) is 7.05 Å². The number of benzene rings is 1. The number of aryl methyl sites for hydroxylation is 1. The Morgan fingerprint density at radius 1 is 1.20 bits per heavy atom. The average molecular weight is 267 g/mol. The number of anilines is 2. The first-order valence-corrected chi connectivity index (χ1v) is 6.59. The Balaban J connectivity index is 1.68. The second kappa shape index (κ2) is 5.21. The van der Waals surface area contributed by atoms with Gasteiger partial charge in [0, 0.05) is 43.0 Å². The number of nitrogen functional groups attached to an aromatic ring is 1. The Kier molecular flexibility index (Phi) is 3.25. The van der Waals surface area contributed by atoms with Gasteiger partial charge >= 0.3 is 0 Å². The standard InChI is InChI=1S/C15H17N5/c1-20-13(7-9-18-20)6-8-17-15-5-2-11-10-12(16)3-4-14(11)19-15/h2-5,7,9-10H,6,8,16H2,1H3,(H,17,19). The Labute approximate surface area is 117 Å². The fraction of sp³-hybridized carbons (Fsp3) is 0.200. The summed E-state index contributed by atoms with van der Waals surface area (Å²) in [7, 11) is 1.95. The van der Waals surface area contributed by atoms with Gasteiger partial charge in [-0.3, -0.25) is 4.68 Å². The molecule has 5 heteroatoms. The lowest BCUT2D eigenvalue weighted by atomic mass is 10.2. The first-order valence-electron chi connectivity index (χ1n) is 6.59. The first-order chi connectivity index (χ1) is 9.72. The molecule has 0 fully saturated rings. The normalized spacial score (nSPS) is 10.8. The second-order valence-corrected chi connectivity index (χ2v) is 4.77. The van der Waals surface area contributed by atoms with Crippen molar-refractivity contribution < 1.29 is 0 Å². The highest BCUT2D eigenvalue weighted by molar-refractivity contribution is 5.83. The number of aromatic nitrogens is 3. The summed E-state index contributed by atoms with van der Waals surface area (Å²) in [6.07, 6.45) is 2.73. The highest BCUT2D eigenvalue weighted by atomic mass is 15.3. The van der Waals surface area contributed by atoms with Crippen LogP contribution in [0, 0.1) is 0 Å². The molecule has 2 aromatic heterocycles. The summed E-state index contributed by atoms with van der Waals surface area (Å²) in [5, 5.41) is 8.54. The molecule has 1 aromatic carbocycles. The summed E-state index contributed by atoms with van der Waals surface area (Å²) < 4.78 is 1.89. The number of hydrogen-bond acceptors (Lipinski definition) is 4. The van der Waals surface area contributed by atoms with E-state index in [9.17, 15) is 0 Å². The van der Waals surface area contributed by atoms with Crippen molar-refractivity contribution in [3.63, 3.8) is 0 Å². The van der Waals surface area contributed by atoms with Crippen molar-refractivity contribution in [2.75, 3.05) is 17.6 Å². The lowest BCUT2D eigenvalue weighted by Gasteiger charge is -2.07. The van der Waals surface area contributed by atoms with Gasteiger partial charge in [0.1, 0.15) is 5.82 Å². The van der Waals surface area contributed by atoms with Crippen molar-refractivity contribution in [2.45, 2.75) is 6.42 Å². The van der Waals surface area contributed by atoms with E-state index in [1.807, 2.05) is 54.3 Å². The zero-order valence-corrected chi connectivity index (χ0v) is 11.4. The highest BCUT2D eigenvalue weighted by Gasteiger charge is 2.01. The molecule has 5 nitrogen and oxygen atoms in total. The molecule has 0 atom stereocenters. The summed E-state index contributed by atoms with van der Waals surface area (Å²) in [5.41, 5.74) is 8.67. The van der Waals surface area contributed by atoms with E-state index in [2.05, 4.69) is 15.4 Å². The van der Waals surface area contributed by atoms with Crippen LogP contribution in [0.1, 0.15) is 5.69 Å². The summed E-state index contributed by atoms with van der Waals surface area (Å²) >= 11 is 0. The second-order valence-electron chi connectivity index (χ2n) is 4.77.